The second kappa shape index (κ2) is 4.53. The first-order valence-electron chi connectivity index (χ1n) is 4.27. The Morgan fingerprint density at radius 1 is 1.35 bits per heavy atom. The lowest BCUT2D eigenvalue weighted by Gasteiger charge is -2.05. The van der Waals surface area contributed by atoms with Crippen molar-refractivity contribution in [3.05, 3.63) is 34.1 Å². The van der Waals surface area contributed by atoms with Gasteiger partial charge in [-0.3, -0.25) is 4.79 Å². The fraction of sp³-hybridized carbons (Fsp3) is 0. The number of benzene rings is 1. The summed E-state index contributed by atoms with van der Waals surface area (Å²) in [5.74, 6) is -2.54. The average molecular weight is 304 g/mol. The minimum atomic E-state index is -0.792. The summed E-state index contributed by atoms with van der Waals surface area (Å²) in [5, 5.41) is 14.1. The van der Waals surface area contributed by atoms with Gasteiger partial charge in [-0.1, -0.05) is 0 Å². The molecule has 1 amide bonds. The molecule has 0 aliphatic rings. The van der Waals surface area contributed by atoms with Crippen molar-refractivity contribution in [2.24, 2.45) is 0 Å². The van der Waals surface area contributed by atoms with Crippen LogP contribution in [0.2, 0.25) is 0 Å². The third-order valence-electron chi connectivity index (χ3n) is 1.81. The summed E-state index contributed by atoms with van der Waals surface area (Å²) < 4.78 is 26.5. The Hall–Kier alpha value is -1.90. The normalized spacial score (nSPS) is 10.3. The minimum absolute atomic E-state index is 0.0347. The fourth-order valence-corrected chi connectivity index (χ4v) is 1.37. The van der Waals surface area contributed by atoms with Crippen molar-refractivity contribution in [2.45, 2.75) is 0 Å². The third-order valence-corrected chi connectivity index (χ3v) is 2.41. The predicted octanol–water partition coefficient (Wildman–Crippen LogP) is 1.49. The van der Waals surface area contributed by atoms with E-state index in [2.05, 4.69) is 41.9 Å². The van der Waals surface area contributed by atoms with Crippen molar-refractivity contribution in [3.8, 4) is 0 Å². The Bertz CT molecular complexity index is 559. The van der Waals surface area contributed by atoms with Crippen LogP contribution in [0.5, 0.6) is 0 Å². The molecule has 17 heavy (non-hydrogen) atoms. The predicted molar refractivity (Wildman–Crippen MR) is 56.2 cm³/mol. The molecule has 2 aromatic rings. The first-order valence-corrected chi connectivity index (χ1v) is 5.06. The van der Waals surface area contributed by atoms with Gasteiger partial charge in [-0.05, 0) is 27.2 Å². The van der Waals surface area contributed by atoms with Gasteiger partial charge in [0.25, 0.3) is 11.7 Å². The van der Waals surface area contributed by atoms with E-state index in [1.54, 1.807) is 0 Å². The lowest BCUT2D eigenvalue weighted by Crippen LogP contribution is -2.15. The summed E-state index contributed by atoms with van der Waals surface area (Å²) in [6.45, 7) is 0. The molecule has 0 radical (unpaired) electrons. The van der Waals surface area contributed by atoms with Crippen molar-refractivity contribution in [1.29, 1.82) is 0 Å². The number of nitrogens with one attached hydrogen (secondary N) is 2. The zero-order valence-electron chi connectivity index (χ0n) is 8.04. The molecule has 0 aliphatic carbocycles. The number of anilines is 1. The van der Waals surface area contributed by atoms with Gasteiger partial charge in [0.2, 0.25) is 0 Å². The van der Waals surface area contributed by atoms with Crippen LogP contribution in [0.3, 0.4) is 0 Å². The van der Waals surface area contributed by atoms with E-state index >= 15 is 0 Å². The molecule has 2 rings (SSSR count). The van der Waals surface area contributed by atoms with E-state index in [4.69, 9.17) is 0 Å². The minimum Gasteiger partial charge on any atom is -0.316 e. The Kier molecular flexibility index (Phi) is 3.09. The quantitative estimate of drug-likeness (QED) is 0.823. The van der Waals surface area contributed by atoms with Crippen LogP contribution in [0.25, 0.3) is 0 Å². The van der Waals surface area contributed by atoms with E-state index in [1.165, 1.54) is 0 Å². The summed E-state index contributed by atoms with van der Waals surface area (Å²) in [6, 6.07) is 1.75. The topological polar surface area (TPSA) is 83.6 Å². The molecule has 0 aliphatic heterocycles. The van der Waals surface area contributed by atoms with Gasteiger partial charge in [-0.25, -0.2) is 8.78 Å². The molecule has 0 unspecified atom stereocenters. The SMILES string of the molecule is O=C(Nc1cc(F)c(Br)cc1F)c1nn[nH]n1. The summed E-state index contributed by atoms with van der Waals surface area (Å²) in [4.78, 5) is 11.4. The highest BCUT2D eigenvalue weighted by Crippen LogP contribution is 2.23. The van der Waals surface area contributed by atoms with Crippen LogP contribution in [0.1, 0.15) is 10.6 Å². The van der Waals surface area contributed by atoms with Crippen LogP contribution in [-0.2, 0) is 0 Å². The highest BCUT2D eigenvalue weighted by Gasteiger charge is 2.15. The zero-order chi connectivity index (χ0) is 12.4. The molecule has 6 nitrogen and oxygen atoms in total. The number of carbonyl (C=O) groups excluding carboxylic acids is 1. The molecule has 1 aromatic heterocycles. The highest BCUT2D eigenvalue weighted by atomic mass is 79.9. The molecule has 2 N–H and O–H groups in total. The number of hydrogen-bond donors (Lipinski definition) is 2. The summed E-state index contributed by atoms with van der Waals surface area (Å²) >= 11 is 2.82. The Morgan fingerprint density at radius 3 is 2.76 bits per heavy atom. The largest absolute Gasteiger partial charge is 0.316 e. The molecule has 1 aromatic carbocycles. The van der Waals surface area contributed by atoms with Crippen molar-refractivity contribution < 1.29 is 13.6 Å². The first-order chi connectivity index (χ1) is 8.08. The van der Waals surface area contributed by atoms with Crippen molar-refractivity contribution in [1.82, 2.24) is 20.6 Å². The van der Waals surface area contributed by atoms with E-state index in [1.807, 2.05) is 0 Å². The number of aromatic nitrogens is 4. The summed E-state index contributed by atoms with van der Waals surface area (Å²) in [6.07, 6.45) is 0. The van der Waals surface area contributed by atoms with E-state index in [9.17, 15) is 13.6 Å². The van der Waals surface area contributed by atoms with Gasteiger partial charge >= 0.3 is 0 Å². The van der Waals surface area contributed by atoms with Crippen molar-refractivity contribution in [3.63, 3.8) is 0 Å². The second-order valence-electron chi connectivity index (χ2n) is 2.94. The van der Waals surface area contributed by atoms with Crippen LogP contribution in [0.4, 0.5) is 14.5 Å². The van der Waals surface area contributed by atoms with Gasteiger partial charge in [-0.2, -0.15) is 5.21 Å². The molecule has 0 bridgehead atoms. The molecule has 0 spiro atoms. The van der Waals surface area contributed by atoms with E-state index in [-0.39, 0.29) is 16.0 Å². The number of hydrogen-bond acceptors (Lipinski definition) is 4. The van der Waals surface area contributed by atoms with Crippen LogP contribution < -0.4 is 5.32 Å². The van der Waals surface area contributed by atoms with Gasteiger partial charge in [0.15, 0.2) is 0 Å². The van der Waals surface area contributed by atoms with Gasteiger partial charge in [0.1, 0.15) is 11.6 Å². The number of amides is 1. The summed E-state index contributed by atoms with van der Waals surface area (Å²) in [5.41, 5.74) is -0.305. The molecule has 0 saturated carbocycles. The molecule has 0 atom stereocenters. The molecule has 0 saturated heterocycles. The zero-order valence-corrected chi connectivity index (χ0v) is 9.62. The van der Waals surface area contributed by atoms with Crippen LogP contribution >= 0.6 is 15.9 Å². The lowest BCUT2D eigenvalue weighted by molar-refractivity contribution is 0.101. The van der Waals surface area contributed by atoms with Gasteiger partial charge < -0.3 is 5.32 Å². The fourth-order valence-electron chi connectivity index (χ4n) is 1.05. The Morgan fingerprint density at radius 2 is 2.12 bits per heavy atom. The maximum absolute atomic E-state index is 13.4. The molecule has 0 fully saturated rings. The number of nitrogens with zero attached hydrogens (tertiary/aromatic N) is 3. The van der Waals surface area contributed by atoms with Crippen LogP contribution in [0, 0.1) is 11.6 Å². The number of halogens is 3. The first kappa shape index (κ1) is 11.6. The number of aromatic amines is 1. The number of H-pyrrole nitrogens is 1. The van der Waals surface area contributed by atoms with E-state index in [0.29, 0.717) is 0 Å². The maximum atomic E-state index is 13.4. The van der Waals surface area contributed by atoms with Crippen LogP contribution in [-0.4, -0.2) is 26.5 Å². The number of carbonyl (C=O) groups is 1. The Balaban J connectivity index is 2.25. The molecular formula is C8H4BrF2N5O. The van der Waals surface area contributed by atoms with E-state index in [0.717, 1.165) is 12.1 Å². The maximum Gasteiger partial charge on any atom is 0.297 e. The van der Waals surface area contributed by atoms with Gasteiger partial charge in [-0.15, -0.1) is 10.2 Å². The summed E-state index contributed by atoms with van der Waals surface area (Å²) in [7, 11) is 0. The number of tetrazole rings is 1. The second-order valence-corrected chi connectivity index (χ2v) is 3.79. The third kappa shape index (κ3) is 2.44. The molecule has 1 heterocycles. The monoisotopic (exact) mass is 303 g/mol. The lowest BCUT2D eigenvalue weighted by atomic mass is 10.3. The van der Waals surface area contributed by atoms with E-state index < -0.39 is 17.5 Å². The molecular weight excluding hydrogens is 300 g/mol. The molecule has 88 valence electrons. The average Bonchev–Trinajstić information content (AvgIpc) is 2.79. The van der Waals surface area contributed by atoms with Crippen LogP contribution in [0.15, 0.2) is 16.6 Å². The smallest absolute Gasteiger partial charge is 0.297 e. The van der Waals surface area contributed by atoms with Crippen molar-refractivity contribution in [2.75, 3.05) is 5.32 Å². The Labute approximate surface area is 102 Å². The van der Waals surface area contributed by atoms with Crippen molar-refractivity contribution >= 4 is 27.5 Å². The standard InChI is InChI=1S/C8H4BrF2N5O/c9-3-1-5(11)6(2-4(3)10)12-8(17)7-13-15-16-14-7/h1-2H,(H,12,17)(H,13,14,15,16). The van der Waals surface area contributed by atoms with Gasteiger partial charge in [0.05, 0.1) is 10.2 Å². The highest BCUT2D eigenvalue weighted by molar-refractivity contribution is 9.10. The molecule has 9 heteroatoms. The van der Waals surface area contributed by atoms with Gasteiger partial charge in [0, 0.05) is 6.07 Å². The number of rotatable bonds is 2.